The molecule has 2 rings (SSSR count). The number of nitrogens with one attached hydrogen (secondary N) is 1. The number of aryl methyl sites for hydroxylation is 1. The highest BCUT2D eigenvalue weighted by atomic mass is 79.9. The summed E-state index contributed by atoms with van der Waals surface area (Å²) in [6, 6.07) is 7.37. The van der Waals surface area contributed by atoms with Gasteiger partial charge in [-0.05, 0) is 62.0 Å². The second-order valence-corrected chi connectivity index (χ2v) is 7.71. The molecule has 0 saturated heterocycles. The Kier molecular flexibility index (Phi) is 4.65. The molecular formula is C13H12Br2N2OS. The van der Waals surface area contributed by atoms with E-state index in [4.69, 9.17) is 5.73 Å². The number of hydrogen-bond donors (Lipinski definition) is 2. The normalized spacial score (nSPS) is 10.5. The summed E-state index contributed by atoms with van der Waals surface area (Å²) in [4.78, 5) is 12.1. The van der Waals surface area contributed by atoms with Gasteiger partial charge in [0.1, 0.15) is 0 Å². The fourth-order valence-corrected chi connectivity index (χ4v) is 4.48. The van der Waals surface area contributed by atoms with Crippen LogP contribution >= 0.6 is 43.2 Å². The minimum Gasteiger partial charge on any atom is -0.398 e. The van der Waals surface area contributed by atoms with E-state index in [1.165, 1.54) is 11.3 Å². The average molecular weight is 404 g/mol. The van der Waals surface area contributed by atoms with Crippen LogP contribution < -0.4 is 11.1 Å². The number of anilines is 2. The smallest absolute Gasteiger partial charge is 0.257 e. The summed E-state index contributed by atoms with van der Waals surface area (Å²) in [5.74, 6) is -0.155. The Hall–Kier alpha value is -0.850. The zero-order valence-electron chi connectivity index (χ0n) is 10.2. The summed E-state index contributed by atoms with van der Waals surface area (Å²) in [6.45, 7) is 2.05. The van der Waals surface area contributed by atoms with Gasteiger partial charge in [-0.25, -0.2) is 0 Å². The molecule has 0 aliphatic carbocycles. The largest absolute Gasteiger partial charge is 0.398 e. The molecule has 1 aromatic heterocycles. The minimum atomic E-state index is -0.155. The van der Waals surface area contributed by atoms with E-state index in [2.05, 4.69) is 37.2 Å². The summed E-state index contributed by atoms with van der Waals surface area (Å²) in [5, 5.41) is 2.84. The molecule has 0 aliphatic heterocycles. The van der Waals surface area contributed by atoms with Crippen molar-refractivity contribution in [3.05, 3.63) is 43.0 Å². The van der Waals surface area contributed by atoms with Gasteiger partial charge >= 0.3 is 0 Å². The number of carbonyl (C=O) groups is 1. The molecular weight excluding hydrogens is 392 g/mol. The summed E-state index contributed by atoms with van der Waals surface area (Å²) >= 11 is 8.19. The number of carbonyl (C=O) groups excluding carboxylic acids is 1. The molecule has 0 fully saturated rings. The fourth-order valence-electron chi connectivity index (χ4n) is 1.69. The number of amides is 1. The lowest BCUT2D eigenvalue weighted by molar-refractivity contribution is 0.102. The Morgan fingerprint density at radius 1 is 1.37 bits per heavy atom. The Balaban J connectivity index is 2.19. The topological polar surface area (TPSA) is 55.1 Å². The zero-order valence-corrected chi connectivity index (χ0v) is 14.2. The maximum absolute atomic E-state index is 12.1. The molecule has 0 aliphatic rings. The summed E-state index contributed by atoms with van der Waals surface area (Å²) < 4.78 is 1.71. The van der Waals surface area contributed by atoms with Crippen molar-refractivity contribution in [2.24, 2.45) is 0 Å². The highest BCUT2D eigenvalue weighted by Gasteiger charge is 2.14. The Morgan fingerprint density at radius 2 is 2.11 bits per heavy atom. The van der Waals surface area contributed by atoms with Gasteiger partial charge in [-0.1, -0.05) is 13.0 Å². The van der Waals surface area contributed by atoms with Crippen molar-refractivity contribution in [3.8, 4) is 0 Å². The molecule has 19 heavy (non-hydrogen) atoms. The number of hydrogen-bond acceptors (Lipinski definition) is 3. The van der Waals surface area contributed by atoms with Crippen molar-refractivity contribution in [1.29, 1.82) is 0 Å². The van der Waals surface area contributed by atoms with Crippen LogP contribution in [0.1, 0.15) is 22.8 Å². The van der Waals surface area contributed by atoms with E-state index in [1.54, 1.807) is 12.1 Å². The number of benzene rings is 1. The van der Waals surface area contributed by atoms with Crippen molar-refractivity contribution in [1.82, 2.24) is 0 Å². The highest BCUT2D eigenvalue weighted by molar-refractivity contribution is 9.12. The predicted molar refractivity (Wildman–Crippen MR) is 87.9 cm³/mol. The maximum atomic E-state index is 12.1. The SMILES string of the molecule is CCc1ccc(NC(=O)c2cc(Br)sc2Br)cc1N. The minimum absolute atomic E-state index is 0.155. The molecule has 1 heterocycles. The van der Waals surface area contributed by atoms with Crippen LogP contribution in [-0.4, -0.2) is 5.91 Å². The fraction of sp³-hybridized carbons (Fsp3) is 0.154. The van der Waals surface area contributed by atoms with E-state index < -0.39 is 0 Å². The van der Waals surface area contributed by atoms with Gasteiger partial charge < -0.3 is 11.1 Å². The van der Waals surface area contributed by atoms with Crippen LogP contribution in [0.25, 0.3) is 0 Å². The summed E-state index contributed by atoms with van der Waals surface area (Å²) in [7, 11) is 0. The molecule has 0 saturated carbocycles. The molecule has 3 nitrogen and oxygen atoms in total. The van der Waals surface area contributed by atoms with E-state index in [0.717, 1.165) is 19.6 Å². The summed E-state index contributed by atoms with van der Waals surface area (Å²) in [5.41, 5.74) is 9.00. The van der Waals surface area contributed by atoms with Crippen LogP contribution in [0.15, 0.2) is 31.8 Å². The predicted octanol–water partition coefficient (Wildman–Crippen LogP) is 4.67. The number of rotatable bonds is 3. The van der Waals surface area contributed by atoms with Crippen LogP contribution in [0.4, 0.5) is 11.4 Å². The quantitative estimate of drug-likeness (QED) is 0.731. The van der Waals surface area contributed by atoms with Crippen molar-refractivity contribution in [2.75, 3.05) is 11.1 Å². The van der Waals surface area contributed by atoms with Crippen LogP contribution in [0.2, 0.25) is 0 Å². The van der Waals surface area contributed by atoms with Gasteiger partial charge in [-0.15, -0.1) is 11.3 Å². The van der Waals surface area contributed by atoms with Gasteiger partial charge in [0.05, 0.1) is 13.1 Å². The van der Waals surface area contributed by atoms with E-state index in [0.29, 0.717) is 16.9 Å². The third kappa shape index (κ3) is 3.38. The highest BCUT2D eigenvalue weighted by Crippen LogP contribution is 2.32. The lowest BCUT2D eigenvalue weighted by atomic mass is 10.1. The summed E-state index contributed by atoms with van der Waals surface area (Å²) in [6.07, 6.45) is 0.878. The van der Waals surface area contributed by atoms with E-state index >= 15 is 0 Å². The van der Waals surface area contributed by atoms with Gasteiger partial charge in [-0.3, -0.25) is 4.79 Å². The second kappa shape index (κ2) is 6.07. The van der Waals surface area contributed by atoms with Gasteiger partial charge in [0, 0.05) is 11.4 Å². The van der Waals surface area contributed by atoms with Crippen molar-refractivity contribution >= 4 is 60.5 Å². The van der Waals surface area contributed by atoms with Gasteiger partial charge in [0.15, 0.2) is 0 Å². The maximum Gasteiger partial charge on any atom is 0.257 e. The molecule has 0 spiro atoms. The van der Waals surface area contributed by atoms with E-state index in [1.807, 2.05) is 19.1 Å². The Bertz CT molecular complexity index is 625. The molecule has 0 bridgehead atoms. The van der Waals surface area contributed by atoms with Crippen LogP contribution in [0, 0.1) is 0 Å². The second-order valence-electron chi connectivity index (χ2n) is 3.96. The monoisotopic (exact) mass is 402 g/mol. The number of thiophene rings is 1. The molecule has 3 N–H and O–H groups in total. The van der Waals surface area contributed by atoms with Gasteiger partial charge in [-0.2, -0.15) is 0 Å². The first kappa shape index (κ1) is 14.6. The van der Waals surface area contributed by atoms with Crippen molar-refractivity contribution in [3.63, 3.8) is 0 Å². The standard InChI is InChI=1S/C13H12Br2N2OS/c1-2-7-3-4-8(5-10(7)16)17-13(18)9-6-11(14)19-12(9)15/h3-6H,2,16H2,1H3,(H,17,18). The molecule has 2 aromatic rings. The first-order valence-electron chi connectivity index (χ1n) is 5.66. The van der Waals surface area contributed by atoms with Crippen LogP contribution in [0.5, 0.6) is 0 Å². The molecule has 0 atom stereocenters. The lowest BCUT2D eigenvalue weighted by Crippen LogP contribution is -2.11. The Morgan fingerprint density at radius 3 is 2.63 bits per heavy atom. The van der Waals surface area contributed by atoms with Gasteiger partial charge in [0.2, 0.25) is 0 Å². The van der Waals surface area contributed by atoms with Crippen LogP contribution in [-0.2, 0) is 6.42 Å². The van der Waals surface area contributed by atoms with E-state index in [-0.39, 0.29) is 5.91 Å². The molecule has 100 valence electrons. The lowest BCUT2D eigenvalue weighted by Gasteiger charge is -2.08. The van der Waals surface area contributed by atoms with Crippen molar-refractivity contribution in [2.45, 2.75) is 13.3 Å². The molecule has 0 unspecified atom stereocenters. The molecule has 1 aromatic carbocycles. The number of nitrogen functional groups attached to an aromatic ring is 1. The third-order valence-electron chi connectivity index (χ3n) is 2.69. The molecule has 6 heteroatoms. The Labute approximate surface area is 132 Å². The zero-order chi connectivity index (χ0) is 14.0. The van der Waals surface area contributed by atoms with E-state index in [9.17, 15) is 4.79 Å². The molecule has 0 radical (unpaired) electrons. The first-order valence-corrected chi connectivity index (χ1v) is 8.06. The third-order valence-corrected chi connectivity index (χ3v) is 5.03. The number of halogens is 2. The first-order chi connectivity index (χ1) is 9.01. The van der Waals surface area contributed by atoms with Crippen molar-refractivity contribution < 1.29 is 4.79 Å². The van der Waals surface area contributed by atoms with Crippen LogP contribution in [0.3, 0.4) is 0 Å². The average Bonchev–Trinajstić information content (AvgIpc) is 2.69. The number of nitrogens with two attached hydrogens (primary N) is 1. The molecule has 1 amide bonds. The van der Waals surface area contributed by atoms with Gasteiger partial charge in [0.25, 0.3) is 5.91 Å².